The second-order valence-electron chi connectivity index (χ2n) is 4.81. The number of hydrogen-bond acceptors (Lipinski definition) is 3. The first-order valence-corrected chi connectivity index (χ1v) is 7.38. The van der Waals surface area contributed by atoms with Gasteiger partial charge in [-0.25, -0.2) is 4.68 Å². The fourth-order valence-electron chi connectivity index (χ4n) is 2.14. The predicted molar refractivity (Wildman–Crippen MR) is 89.1 cm³/mol. The quantitative estimate of drug-likeness (QED) is 0.766. The summed E-state index contributed by atoms with van der Waals surface area (Å²) in [7, 11) is 1.51. The molecule has 6 heteroatoms. The summed E-state index contributed by atoms with van der Waals surface area (Å²) in [5.41, 5.74) is 0.606. The Morgan fingerprint density at radius 2 is 2.00 bits per heavy atom. The van der Waals surface area contributed by atoms with Crippen molar-refractivity contribution < 1.29 is 4.79 Å². The number of carbonyl (C=O) groups excluding carboxylic acids is 1. The lowest BCUT2D eigenvalue weighted by Gasteiger charge is -2.07. The SMILES string of the molecule is Cn1nc(C(=O)Nc2ccc3c(Br)cccc3c2)ccc1=O. The highest BCUT2D eigenvalue weighted by atomic mass is 79.9. The van der Waals surface area contributed by atoms with Crippen LogP contribution in [0.5, 0.6) is 0 Å². The molecule has 3 rings (SSSR count). The molecule has 22 heavy (non-hydrogen) atoms. The van der Waals surface area contributed by atoms with Gasteiger partial charge in [0.25, 0.3) is 11.5 Å². The first kappa shape index (κ1) is 14.5. The Bertz CT molecular complexity index is 934. The summed E-state index contributed by atoms with van der Waals surface area (Å²) >= 11 is 3.49. The number of anilines is 1. The molecule has 2 aromatic carbocycles. The third-order valence-corrected chi connectivity index (χ3v) is 3.97. The van der Waals surface area contributed by atoms with E-state index in [0.717, 1.165) is 19.9 Å². The zero-order valence-corrected chi connectivity index (χ0v) is 13.3. The average molecular weight is 358 g/mol. The van der Waals surface area contributed by atoms with Gasteiger partial charge < -0.3 is 5.32 Å². The van der Waals surface area contributed by atoms with Gasteiger partial charge in [0.1, 0.15) is 5.69 Å². The van der Waals surface area contributed by atoms with Crippen LogP contribution in [0.2, 0.25) is 0 Å². The van der Waals surface area contributed by atoms with E-state index in [4.69, 9.17) is 0 Å². The lowest BCUT2D eigenvalue weighted by Crippen LogP contribution is -2.23. The first-order chi connectivity index (χ1) is 10.5. The van der Waals surface area contributed by atoms with Gasteiger partial charge in [-0.05, 0) is 35.0 Å². The molecule has 1 heterocycles. The minimum absolute atomic E-state index is 0.191. The molecule has 1 aromatic heterocycles. The van der Waals surface area contributed by atoms with Crippen molar-refractivity contribution in [3.05, 3.63) is 69.1 Å². The minimum atomic E-state index is -0.357. The van der Waals surface area contributed by atoms with E-state index in [1.807, 2.05) is 36.4 Å². The molecule has 1 amide bonds. The molecule has 0 aliphatic rings. The van der Waals surface area contributed by atoms with Crippen molar-refractivity contribution in [3.63, 3.8) is 0 Å². The molecule has 0 atom stereocenters. The van der Waals surface area contributed by atoms with Crippen molar-refractivity contribution in [2.75, 3.05) is 5.32 Å². The molecule has 0 radical (unpaired) electrons. The van der Waals surface area contributed by atoms with Crippen LogP contribution in [-0.4, -0.2) is 15.7 Å². The summed E-state index contributed by atoms with van der Waals surface area (Å²) in [5.74, 6) is -0.357. The van der Waals surface area contributed by atoms with Crippen molar-refractivity contribution in [1.82, 2.24) is 9.78 Å². The summed E-state index contributed by atoms with van der Waals surface area (Å²) in [5, 5.41) is 8.80. The van der Waals surface area contributed by atoms with E-state index in [9.17, 15) is 9.59 Å². The second-order valence-corrected chi connectivity index (χ2v) is 5.66. The summed E-state index contributed by atoms with van der Waals surface area (Å²) in [6.07, 6.45) is 0. The normalized spacial score (nSPS) is 10.6. The maximum Gasteiger partial charge on any atom is 0.276 e. The Balaban J connectivity index is 1.90. The molecule has 0 aliphatic heterocycles. The van der Waals surface area contributed by atoms with Crippen LogP contribution in [-0.2, 0) is 7.05 Å². The maximum absolute atomic E-state index is 12.2. The van der Waals surface area contributed by atoms with Crippen LogP contribution in [0.15, 0.2) is 57.8 Å². The average Bonchev–Trinajstić information content (AvgIpc) is 2.50. The number of halogens is 1. The molecule has 0 saturated carbocycles. The molecule has 0 saturated heterocycles. The number of amides is 1. The molecule has 0 unspecified atom stereocenters. The molecule has 0 aliphatic carbocycles. The molecule has 3 aromatic rings. The first-order valence-electron chi connectivity index (χ1n) is 6.58. The number of aryl methyl sites for hydroxylation is 1. The minimum Gasteiger partial charge on any atom is -0.321 e. The largest absolute Gasteiger partial charge is 0.321 e. The van der Waals surface area contributed by atoms with Crippen molar-refractivity contribution in [3.8, 4) is 0 Å². The highest BCUT2D eigenvalue weighted by Gasteiger charge is 2.09. The lowest BCUT2D eigenvalue weighted by molar-refractivity contribution is 0.102. The molecule has 0 spiro atoms. The number of rotatable bonds is 2. The van der Waals surface area contributed by atoms with Crippen LogP contribution < -0.4 is 10.9 Å². The van der Waals surface area contributed by atoms with E-state index in [1.54, 1.807) is 0 Å². The number of aromatic nitrogens is 2. The van der Waals surface area contributed by atoms with Crippen LogP contribution in [0.3, 0.4) is 0 Å². The Hall–Kier alpha value is -2.47. The number of fused-ring (bicyclic) bond motifs is 1. The second kappa shape index (κ2) is 5.73. The highest BCUT2D eigenvalue weighted by molar-refractivity contribution is 9.10. The van der Waals surface area contributed by atoms with E-state index in [-0.39, 0.29) is 17.2 Å². The number of benzene rings is 2. The fourth-order valence-corrected chi connectivity index (χ4v) is 2.65. The van der Waals surface area contributed by atoms with Gasteiger partial charge in [0.05, 0.1) is 0 Å². The van der Waals surface area contributed by atoms with Gasteiger partial charge in [0.15, 0.2) is 0 Å². The van der Waals surface area contributed by atoms with E-state index in [2.05, 4.69) is 26.3 Å². The number of nitrogens with zero attached hydrogens (tertiary/aromatic N) is 2. The van der Waals surface area contributed by atoms with Gasteiger partial charge in [-0.2, -0.15) is 5.10 Å². The molecule has 5 nitrogen and oxygen atoms in total. The van der Waals surface area contributed by atoms with Gasteiger partial charge in [0.2, 0.25) is 0 Å². The van der Waals surface area contributed by atoms with Gasteiger partial charge >= 0.3 is 0 Å². The van der Waals surface area contributed by atoms with Crippen molar-refractivity contribution in [1.29, 1.82) is 0 Å². The summed E-state index contributed by atoms with van der Waals surface area (Å²) in [6, 6.07) is 14.3. The third kappa shape index (κ3) is 2.78. The van der Waals surface area contributed by atoms with Gasteiger partial charge in [0, 0.05) is 23.3 Å². The van der Waals surface area contributed by atoms with Crippen LogP contribution in [0.4, 0.5) is 5.69 Å². The van der Waals surface area contributed by atoms with Crippen molar-refractivity contribution in [2.24, 2.45) is 7.05 Å². The molecule has 110 valence electrons. The van der Waals surface area contributed by atoms with Crippen LogP contribution in [0, 0.1) is 0 Å². The fraction of sp³-hybridized carbons (Fsp3) is 0.0625. The van der Waals surface area contributed by atoms with E-state index < -0.39 is 0 Å². The summed E-state index contributed by atoms with van der Waals surface area (Å²) in [4.78, 5) is 23.5. The number of hydrogen-bond donors (Lipinski definition) is 1. The topological polar surface area (TPSA) is 64.0 Å². The maximum atomic E-state index is 12.2. The zero-order chi connectivity index (χ0) is 15.7. The third-order valence-electron chi connectivity index (χ3n) is 3.28. The van der Waals surface area contributed by atoms with Gasteiger partial charge in [-0.3, -0.25) is 9.59 Å². The Morgan fingerprint density at radius 3 is 2.77 bits per heavy atom. The van der Waals surface area contributed by atoms with Crippen molar-refractivity contribution in [2.45, 2.75) is 0 Å². The molecular weight excluding hydrogens is 346 g/mol. The van der Waals surface area contributed by atoms with E-state index >= 15 is 0 Å². The Morgan fingerprint density at radius 1 is 1.18 bits per heavy atom. The van der Waals surface area contributed by atoms with Crippen LogP contribution in [0.1, 0.15) is 10.5 Å². The van der Waals surface area contributed by atoms with Crippen molar-refractivity contribution >= 4 is 38.3 Å². The molecule has 0 bridgehead atoms. The van der Waals surface area contributed by atoms with E-state index in [1.165, 1.54) is 19.2 Å². The van der Waals surface area contributed by atoms with Crippen LogP contribution in [0.25, 0.3) is 10.8 Å². The summed E-state index contributed by atoms with van der Waals surface area (Å²) < 4.78 is 2.13. The molecule has 0 fully saturated rings. The Labute approximate surface area is 134 Å². The van der Waals surface area contributed by atoms with E-state index in [0.29, 0.717) is 5.69 Å². The standard InChI is InChI=1S/C16H12BrN3O2/c1-20-15(21)8-7-14(19-20)16(22)18-11-5-6-12-10(9-11)3-2-4-13(12)17/h2-9H,1H3,(H,18,22). The number of nitrogens with one attached hydrogen (secondary N) is 1. The molecular formula is C16H12BrN3O2. The van der Waals surface area contributed by atoms with Gasteiger partial charge in [-0.15, -0.1) is 0 Å². The smallest absolute Gasteiger partial charge is 0.276 e. The van der Waals surface area contributed by atoms with Crippen LogP contribution >= 0.6 is 15.9 Å². The highest BCUT2D eigenvalue weighted by Crippen LogP contribution is 2.26. The molecule has 1 N–H and O–H groups in total. The summed E-state index contributed by atoms with van der Waals surface area (Å²) in [6.45, 7) is 0. The number of carbonyl (C=O) groups is 1. The zero-order valence-electron chi connectivity index (χ0n) is 11.7. The lowest BCUT2D eigenvalue weighted by atomic mass is 10.1. The monoisotopic (exact) mass is 357 g/mol. The predicted octanol–water partition coefficient (Wildman–Crippen LogP) is 2.95. The van der Waals surface area contributed by atoms with Gasteiger partial charge in [-0.1, -0.05) is 34.1 Å². The Kier molecular flexibility index (Phi) is 3.77.